The molecule has 1 aliphatic heterocycles. The van der Waals surface area contributed by atoms with E-state index in [1.807, 2.05) is 0 Å². The molecule has 8 heteroatoms. The zero-order valence-electron chi connectivity index (χ0n) is 13.0. The van der Waals surface area contributed by atoms with Gasteiger partial charge < -0.3 is 9.73 Å². The first-order valence-corrected chi connectivity index (χ1v) is 8.65. The highest BCUT2D eigenvalue weighted by Gasteiger charge is 2.19. The van der Waals surface area contributed by atoms with Gasteiger partial charge in [-0.25, -0.2) is 4.98 Å². The number of carbonyl (C=O) groups excluding carboxylic acids is 1. The SMILES string of the molecule is O=C(CN1CCc2sccc2C1)NCc1nc(-c2ccco2)n[nH]1. The number of nitrogens with one attached hydrogen (secondary N) is 2. The zero-order chi connectivity index (χ0) is 16.4. The summed E-state index contributed by atoms with van der Waals surface area (Å²) in [6.07, 6.45) is 2.60. The molecule has 0 saturated heterocycles. The summed E-state index contributed by atoms with van der Waals surface area (Å²) >= 11 is 1.80. The maximum atomic E-state index is 12.1. The molecule has 0 bridgehead atoms. The summed E-state index contributed by atoms with van der Waals surface area (Å²) in [4.78, 5) is 20.1. The van der Waals surface area contributed by atoms with Crippen molar-refractivity contribution in [1.82, 2.24) is 25.4 Å². The van der Waals surface area contributed by atoms with Gasteiger partial charge in [0.1, 0.15) is 5.82 Å². The summed E-state index contributed by atoms with van der Waals surface area (Å²) in [5.41, 5.74) is 1.34. The summed E-state index contributed by atoms with van der Waals surface area (Å²) in [5, 5.41) is 11.9. The lowest BCUT2D eigenvalue weighted by Gasteiger charge is -2.25. The number of rotatable bonds is 5. The Kier molecular flexibility index (Phi) is 4.14. The minimum absolute atomic E-state index is 0.00960. The number of hydrogen-bond donors (Lipinski definition) is 2. The average molecular weight is 343 g/mol. The van der Waals surface area contributed by atoms with Gasteiger partial charge in [0.25, 0.3) is 0 Å². The Balaban J connectivity index is 1.28. The molecule has 24 heavy (non-hydrogen) atoms. The summed E-state index contributed by atoms with van der Waals surface area (Å²) in [7, 11) is 0. The first-order valence-electron chi connectivity index (χ1n) is 7.77. The summed E-state index contributed by atoms with van der Waals surface area (Å²) in [6.45, 7) is 2.49. The molecule has 0 radical (unpaired) electrons. The van der Waals surface area contributed by atoms with Gasteiger partial charge in [0.2, 0.25) is 11.7 Å². The van der Waals surface area contributed by atoms with Gasteiger partial charge >= 0.3 is 0 Å². The van der Waals surface area contributed by atoms with E-state index in [0.717, 1.165) is 19.5 Å². The van der Waals surface area contributed by atoms with Gasteiger partial charge in [-0.1, -0.05) is 0 Å². The van der Waals surface area contributed by atoms with Gasteiger partial charge in [0.05, 0.1) is 19.4 Å². The van der Waals surface area contributed by atoms with E-state index in [2.05, 4.69) is 36.8 Å². The van der Waals surface area contributed by atoms with Crippen molar-refractivity contribution in [3.8, 4) is 11.6 Å². The normalized spacial score (nSPS) is 14.5. The standard InChI is InChI=1S/C16H17N5O2S/c22-15(10-21-5-3-13-11(9-21)4-7-24-13)17-8-14-18-16(20-19-14)12-2-1-6-23-12/h1-2,4,6-7H,3,5,8-10H2,(H,17,22)(H,18,19,20). The van der Waals surface area contributed by atoms with Crippen LogP contribution in [-0.2, 0) is 24.3 Å². The monoisotopic (exact) mass is 343 g/mol. The van der Waals surface area contributed by atoms with Gasteiger partial charge in [-0.15, -0.1) is 16.4 Å². The van der Waals surface area contributed by atoms with E-state index in [4.69, 9.17) is 4.42 Å². The molecular weight excluding hydrogens is 326 g/mol. The highest BCUT2D eigenvalue weighted by Crippen LogP contribution is 2.23. The van der Waals surface area contributed by atoms with Crippen molar-refractivity contribution in [3.63, 3.8) is 0 Å². The Morgan fingerprint density at radius 1 is 1.46 bits per heavy atom. The fourth-order valence-corrected chi connectivity index (χ4v) is 3.66. The van der Waals surface area contributed by atoms with E-state index in [0.29, 0.717) is 30.5 Å². The van der Waals surface area contributed by atoms with E-state index >= 15 is 0 Å². The second kappa shape index (κ2) is 6.58. The highest BCUT2D eigenvalue weighted by molar-refractivity contribution is 7.10. The van der Waals surface area contributed by atoms with Gasteiger partial charge in [0.15, 0.2) is 5.76 Å². The third-order valence-electron chi connectivity index (χ3n) is 3.98. The second-order valence-corrected chi connectivity index (χ2v) is 6.69. The van der Waals surface area contributed by atoms with Crippen molar-refractivity contribution in [1.29, 1.82) is 0 Å². The molecule has 1 aliphatic rings. The molecule has 0 spiro atoms. The molecule has 1 amide bonds. The molecule has 0 fully saturated rings. The third-order valence-corrected chi connectivity index (χ3v) is 5.00. The largest absolute Gasteiger partial charge is 0.461 e. The number of hydrogen-bond acceptors (Lipinski definition) is 6. The van der Waals surface area contributed by atoms with Crippen LogP contribution in [0, 0.1) is 0 Å². The Bertz CT molecular complexity index is 823. The quantitative estimate of drug-likeness (QED) is 0.738. The van der Waals surface area contributed by atoms with Crippen LogP contribution in [0.15, 0.2) is 34.3 Å². The molecular formula is C16H17N5O2S. The van der Waals surface area contributed by atoms with Crippen LogP contribution in [-0.4, -0.2) is 39.1 Å². The third kappa shape index (κ3) is 3.24. The van der Waals surface area contributed by atoms with Crippen molar-refractivity contribution in [2.24, 2.45) is 0 Å². The van der Waals surface area contributed by atoms with Crippen LogP contribution >= 0.6 is 11.3 Å². The Morgan fingerprint density at radius 2 is 2.42 bits per heavy atom. The van der Waals surface area contributed by atoms with Crippen molar-refractivity contribution >= 4 is 17.2 Å². The molecule has 0 aliphatic carbocycles. The van der Waals surface area contributed by atoms with Gasteiger partial charge in [-0.05, 0) is 35.6 Å². The van der Waals surface area contributed by atoms with Crippen LogP contribution in [0.2, 0.25) is 0 Å². The number of amides is 1. The van der Waals surface area contributed by atoms with E-state index in [1.165, 1.54) is 10.4 Å². The van der Waals surface area contributed by atoms with Crippen LogP contribution in [0.25, 0.3) is 11.6 Å². The first-order chi connectivity index (χ1) is 11.8. The summed E-state index contributed by atoms with van der Waals surface area (Å²) < 4.78 is 5.24. The lowest BCUT2D eigenvalue weighted by Crippen LogP contribution is -2.39. The number of H-pyrrole nitrogens is 1. The van der Waals surface area contributed by atoms with Gasteiger partial charge in [0, 0.05) is 18.0 Å². The van der Waals surface area contributed by atoms with Crippen LogP contribution in [0.4, 0.5) is 0 Å². The van der Waals surface area contributed by atoms with Crippen LogP contribution in [0.1, 0.15) is 16.3 Å². The smallest absolute Gasteiger partial charge is 0.234 e. The molecule has 3 aromatic heterocycles. The lowest BCUT2D eigenvalue weighted by atomic mass is 10.1. The molecule has 0 atom stereocenters. The minimum atomic E-state index is -0.00960. The number of aromatic amines is 1. The fourth-order valence-electron chi connectivity index (χ4n) is 2.77. The molecule has 4 rings (SSSR count). The van der Waals surface area contributed by atoms with Crippen LogP contribution in [0.3, 0.4) is 0 Å². The molecule has 7 nitrogen and oxygen atoms in total. The van der Waals surface area contributed by atoms with E-state index in [-0.39, 0.29) is 5.91 Å². The molecule has 4 heterocycles. The van der Waals surface area contributed by atoms with Gasteiger partial charge in [-0.3, -0.25) is 14.8 Å². The van der Waals surface area contributed by atoms with Crippen LogP contribution in [0.5, 0.6) is 0 Å². The summed E-state index contributed by atoms with van der Waals surface area (Å²) in [6, 6.07) is 5.72. The predicted octanol–water partition coefficient (Wildman–Crippen LogP) is 1.80. The predicted molar refractivity (Wildman–Crippen MR) is 89.2 cm³/mol. The van der Waals surface area contributed by atoms with Crippen molar-refractivity contribution in [2.45, 2.75) is 19.5 Å². The maximum absolute atomic E-state index is 12.1. The minimum Gasteiger partial charge on any atom is -0.461 e. The molecule has 0 unspecified atom stereocenters. The number of furan rings is 1. The highest BCUT2D eigenvalue weighted by atomic mass is 32.1. The van der Waals surface area contributed by atoms with Gasteiger partial charge in [-0.2, -0.15) is 0 Å². The lowest BCUT2D eigenvalue weighted by molar-refractivity contribution is -0.122. The number of nitrogens with zero attached hydrogens (tertiary/aromatic N) is 3. The number of fused-ring (bicyclic) bond motifs is 1. The van der Waals surface area contributed by atoms with Crippen molar-refractivity contribution in [2.75, 3.05) is 13.1 Å². The van der Waals surface area contributed by atoms with E-state index in [1.54, 1.807) is 29.7 Å². The molecule has 0 aromatic carbocycles. The Labute approximate surface area is 142 Å². The van der Waals surface area contributed by atoms with Crippen molar-refractivity contribution < 1.29 is 9.21 Å². The number of carbonyl (C=O) groups is 1. The first kappa shape index (κ1) is 15.1. The van der Waals surface area contributed by atoms with Crippen molar-refractivity contribution in [3.05, 3.63) is 46.1 Å². The molecule has 0 saturated carbocycles. The number of aromatic nitrogens is 3. The average Bonchev–Trinajstić information content (AvgIpc) is 3.32. The van der Waals surface area contributed by atoms with E-state index in [9.17, 15) is 4.79 Å². The Morgan fingerprint density at radius 3 is 3.29 bits per heavy atom. The fraction of sp³-hybridized carbons (Fsp3) is 0.312. The number of thiophene rings is 1. The molecule has 2 N–H and O–H groups in total. The topological polar surface area (TPSA) is 87.1 Å². The molecule has 3 aromatic rings. The summed E-state index contributed by atoms with van der Waals surface area (Å²) in [5.74, 6) is 1.69. The van der Waals surface area contributed by atoms with E-state index < -0.39 is 0 Å². The second-order valence-electron chi connectivity index (χ2n) is 5.69. The maximum Gasteiger partial charge on any atom is 0.234 e. The Hall–Kier alpha value is -2.45. The zero-order valence-corrected chi connectivity index (χ0v) is 13.8. The van der Waals surface area contributed by atoms with Crippen LogP contribution < -0.4 is 5.32 Å². The molecule has 124 valence electrons.